The minimum atomic E-state index is -0.403. The maximum absolute atomic E-state index is 12.8. The molecule has 1 N–H and O–H groups in total. The first-order chi connectivity index (χ1) is 13.1. The summed E-state index contributed by atoms with van der Waals surface area (Å²) in [6.07, 6.45) is 3.27. The Balaban J connectivity index is 1.96. The van der Waals surface area contributed by atoms with Gasteiger partial charge in [0.15, 0.2) is 0 Å². The maximum Gasteiger partial charge on any atom is 0.307 e. The summed E-state index contributed by atoms with van der Waals surface area (Å²) in [7, 11) is 1.30. The fourth-order valence-corrected chi connectivity index (χ4v) is 2.78. The van der Waals surface area contributed by atoms with Gasteiger partial charge >= 0.3 is 5.97 Å². The minimum Gasteiger partial charge on any atom is -0.469 e. The molecule has 0 aliphatic rings. The summed E-state index contributed by atoms with van der Waals surface area (Å²) in [6, 6.07) is 12.4. The van der Waals surface area contributed by atoms with Crippen LogP contribution < -0.4 is 10.9 Å². The first kappa shape index (κ1) is 18.3. The lowest BCUT2D eigenvalue weighted by molar-refractivity contribution is -0.140. The standard InChI is InChI=1S/C20H19N3O4/c1-27-18(24)9-11-22-19(25)17-13-23(12-14-6-4-5-10-21-14)20(26)16-8-3-2-7-15(16)17/h2-8,10,13H,9,11-12H2,1H3,(H,22,25). The first-order valence-corrected chi connectivity index (χ1v) is 8.47. The van der Waals surface area contributed by atoms with E-state index in [1.165, 1.54) is 17.9 Å². The third kappa shape index (κ3) is 4.20. The van der Waals surface area contributed by atoms with Crippen LogP contribution in [-0.4, -0.2) is 35.1 Å². The molecule has 0 spiro atoms. The number of pyridine rings is 2. The number of hydrogen-bond donors (Lipinski definition) is 1. The number of aromatic nitrogens is 2. The molecule has 3 aromatic rings. The van der Waals surface area contributed by atoms with Gasteiger partial charge in [0.05, 0.1) is 31.3 Å². The number of fused-ring (bicyclic) bond motifs is 1. The van der Waals surface area contributed by atoms with Crippen LogP contribution in [0.15, 0.2) is 59.7 Å². The van der Waals surface area contributed by atoms with E-state index >= 15 is 0 Å². The van der Waals surface area contributed by atoms with Gasteiger partial charge in [0.2, 0.25) is 0 Å². The Morgan fingerprint density at radius 1 is 1.11 bits per heavy atom. The third-order valence-corrected chi connectivity index (χ3v) is 4.14. The number of methoxy groups -OCH3 is 1. The largest absolute Gasteiger partial charge is 0.469 e. The summed E-state index contributed by atoms with van der Waals surface area (Å²) in [5, 5.41) is 3.71. The predicted molar refractivity (Wildman–Crippen MR) is 101 cm³/mol. The molecule has 0 saturated heterocycles. The van der Waals surface area contributed by atoms with Crippen LogP contribution in [0.1, 0.15) is 22.5 Å². The molecule has 2 heterocycles. The van der Waals surface area contributed by atoms with Crippen LogP contribution in [0.5, 0.6) is 0 Å². The molecule has 2 aromatic heterocycles. The van der Waals surface area contributed by atoms with Gasteiger partial charge in [-0.2, -0.15) is 0 Å². The zero-order valence-corrected chi connectivity index (χ0v) is 14.8. The highest BCUT2D eigenvalue weighted by atomic mass is 16.5. The topological polar surface area (TPSA) is 90.3 Å². The van der Waals surface area contributed by atoms with Crippen LogP contribution in [-0.2, 0) is 16.1 Å². The molecule has 0 saturated carbocycles. The fraction of sp³-hybridized carbons (Fsp3) is 0.200. The second-order valence-electron chi connectivity index (χ2n) is 5.92. The normalized spacial score (nSPS) is 10.6. The Kier molecular flexibility index (Phi) is 5.61. The molecule has 27 heavy (non-hydrogen) atoms. The summed E-state index contributed by atoms with van der Waals surface area (Å²) in [4.78, 5) is 40.9. The third-order valence-electron chi connectivity index (χ3n) is 4.14. The van der Waals surface area contributed by atoms with Crippen molar-refractivity contribution in [1.29, 1.82) is 0 Å². The highest BCUT2D eigenvalue weighted by molar-refractivity contribution is 6.06. The zero-order valence-electron chi connectivity index (χ0n) is 14.8. The summed E-state index contributed by atoms with van der Waals surface area (Å²) in [5.41, 5.74) is 0.889. The van der Waals surface area contributed by atoms with Gasteiger partial charge in [0.1, 0.15) is 0 Å². The van der Waals surface area contributed by atoms with Gasteiger partial charge in [-0.05, 0) is 18.2 Å². The van der Waals surface area contributed by atoms with Crippen molar-refractivity contribution >= 4 is 22.6 Å². The van der Waals surface area contributed by atoms with Crippen LogP contribution in [0.2, 0.25) is 0 Å². The molecule has 0 aliphatic carbocycles. The van der Waals surface area contributed by atoms with Crippen molar-refractivity contribution in [2.45, 2.75) is 13.0 Å². The maximum atomic E-state index is 12.8. The quantitative estimate of drug-likeness (QED) is 0.672. The number of hydrogen-bond acceptors (Lipinski definition) is 5. The molecule has 3 rings (SSSR count). The molecule has 7 heteroatoms. The summed E-state index contributed by atoms with van der Waals surface area (Å²) >= 11 is 0. The zero-order chi connectivity index (χ0) is 19.2. The van der Waals surface area contributed by atoms with Crippen LogP contribution in [0.25, 0.3) is 10.8 Å². The molecule has 0 fully saturated rings. The smallest absolute Gasteiger partial charge is 0.307 e. The van der Waals surface area contributed by atoms with Gasteiger partial charge in [-0.25, -0.2) is 0 Å². The molecular formula is C20H19N3O4. The summed E-state index contributed by atoms with van der Waals surface area (Å²) in [6.45, 7) is 0.409. The Labute approximate surface area is 155 Å². The van der Waals surface area contributed by atoms with E-state index in [4.69, 9.17) is 0 Å². The van der Waals surface area contributed by atoms with Crippen molar-refractivity contribution in [3.63, 3.8) is 0 Å². The first-order valence-electron chi connectivity index (χ1n) is 8.47. The van der Waals surface area contributed by atoms with E-state index in [0.717, 1.165) is 0 Å². The van der Waals surface area contributed by atoms with Crippen molar-refractivity contribution in [1.82, 2.24) is 14.9 Å². The molecule has 0 atom stereocenters. The number of carbonyl (C=O) groups is 2. The van der Waals surface area contributed by atoms with E-state index in [0.29, 0.717) is 22.0 Å². The van der Waals surface area contributed by atoms with E-state index < -0.39 is 5.97 Å². The number of carbonyl (C=O) groups excluding carboxylic acids is 2. The lowest BCUT2D eigenvalue weighted by atomic mass is 10.1. The van der Waals surface area contributed by atoms with Gasteiger partial charge in [-0.3, -0.25) is 19.4 Å². The van der Waals surface area contributed by atoms with Gasteiger partial charge in [-0.1, -0.05) is 24.3 Å². The number of amides is 1. The second kappa shape index (κ2) is 8.27. The highest BCUT2D eigenvalue weighted by Gasteiger charge is 2.15. The highest BCUT2D eigenvalue weighted by Crippen LogP contribution is 2.16. The molecule has 0 aliphatic heterocycles. The van der Waals surface area contributed by atoms with Crippen molar-refractivity contribution < 1.29 is 14.3 Å². The van der Waals surface area contributed by atoms with Crippen molar-refractivity contribution in [3.05, 3.63) is 76.5 Å². The Morgan fingerprint density at radius 3 is 2.56 bits per heavy atom. The van der Waals surface area contributed by atoms with Crippen LogP contribution in [0.3, 0.4) is 0 Å². The van der Waals surface area contributed by atoms with E-state index in [1.54, 1.807) is 36.5 Å². The molecule has 1 aromatic carbocycles. The van der Waals surface area contributed by atoms with Crippen LogP contribution in [0.4, 0.5) is 0 Å². The summed E-state index contributed by atoms with van der Waals surface area (Å²) < 4.78 is 6.04. The molecule has 7 nitrogen and oxygen atoms in total. The molecule has 0 unspecified atom stereocenters. The van der Waals surface area contributed by atoms with Crippen molar-refractivity contribution in [2.75, 3.05) is 13.7 Å². The second-order valence-corrected chi connectivity index (χ2v) is 5.92. The fourth-order valence-electron chi connectivity index (χ4n) is 2.78. The Morgan fingerprint density at radius 2 is 1.85 bits per heavy atom. The van der Waals surface area contributed by atoms with Gasteiger partial charge in [0, 0.05) is 29.7 Å². The number of esters is 1. The lowest BCUT2D eigenvalue weighted by Crippen LogP contribution is -2.29. The van der Waals surface area contributed by atoms with Crippen LogP contribution >= 0.6 is 0 Å². The minimum absolute atomic E-state index is 0.0771. The van der Waals surface area contributed by atoms with E-state index in [9.17, 15) is 14.4 Å². The number of rotatable bonds is 6. The average molecular weight is 365 g/mol. The van der Waals surface area contributed by atoms with Crippen molar-refractivity contribution in [3.8, 4) is 0 Å². The van der Waals surface area contributed by atoms with E-state index in [-0.39, 0.29) is 31.0 Å². The van der Waals surface area contributed by atoms with Gasteiger partial charge < -0.3 is 14.6 Å². The van der Waals surface area contributed by atoms with Gasteiger partial charge in [0.25, 0.3) is 11.5 Å². The van der Waals surface area contributed by atoms with E-state index in [1.807, 2.05) is 12.1 Å². The number of nitrogens with zero attached hydrogens (tertiary/aromatic N) is 2. The van der Waals surface area contributed by atoms with E-state index in [2.05, 4.69) is 15.0 Å². The number of ether oxygens (including phenoxy) is 1. The Bertz CT molecular complexity index is 1030. The van der Waals surface area contributed by atoms with Crippen LogP contribution in [0, 0.1) is 0 Å². The SMILES string of the molecule is COC(=O)CCNC(=O)c1cn(Cc2ccccn2)c(=O)c2ccccc12. The number of benzene rings is 1. The summed E-state index contributed by atoms with van der Waals surface area (Å²) in [5.74, 6) is -0.759. The molecule has 0 radical (unpaired) electrons. The monoisotopic (exact) mass is 365 g/mol. The molecule has 0 bridgehead atoms. The molecule has 138 valence electrons. The van der Waals surface area contributed by atoms with Gasteiger partial charge in [-0.15, -0.1) is 0 Å². The molecular weight excluding hydrogens is 346 g/mol. The van der Waals surface area contributed by atoms with Crippen molar-refractivity contribution in [2.24, 2.45) is 0 Å². The number of nitrogens with one attached hydrogen (secondary N) is 1. The predicted octanol–water partition coefficient (Wildman–Crippen LogP) is 1.74. The molecule has 1 amide bonds. The lowest BCUT2D eigenvalue weighted by Gasteiger charge is -2.12. The average Bonchev–Trinajstić information content (AvgIpc) is 2.70. The Hall–Kier alpha value is -3.48.